The number of anilines is 1. The first-order chi connectivity index (χ1) is 9.13. The lowest BCUT2D eigenvalue weighted by Crippen LogP contribution is -2.31. The summed E-state index contributed by atoms with van der Waals surface area (Å²) in [4.78, 5) is 2.28. The van der Waals surface area contributed by atoms with Gasteiger partial charge in [-0.25, -0.2) is 0 Å². The topological polar surface area (TPSA) is 73.3 Å². The van der Waals surface area contributed by atoms with Gasteiger partial charge in [-0.3, -0.25) is 5.41 Å². The van der Waals surface area contributed by atoms with E-state index < -0.39 is 0 Å². The molecule has 1 heterocycles. The number of nitrogens with one attached hydrogen (secondary N) is 1. The zero-order valence-electron chi connectivity index (χ0n) is 10.9. The van der Waals surface area contributed by atoms with Crippen molar-refractivity contribution in [2.45, 2.75) is 31.7 Å². The average Bonchev–Trinajstić information content (AvgIpc) is 2.83. The molecule has 1 aromatic carbocycles. The number of nitrogens with zero attached hydrogens (tertiary/aromatic N) is 1. The third-order valence-electron chi connectivity index (χ3n) is 3.63. The summed E-state index contributed by atoms with van der Waals surface area (Å²) in [6.45, 7) is 1.18. The van der Waals surface area contributed by atoms with Gasteiger partial charge >= 0.3 is 0 Å². The summed E-state index contributed by atoms with van der Waals surface area (Å²) < 4.78 is 0. The Bertz CT molecular complexity index is 464. The number of aliphatic hydroxyl groups excluding tert-OH is 1. The lowest BCUT2D eigenvalue weighted by atomic mass is 10.1. The zero-order valence-corrected chi connectivity index (χ0v) is 11.7. The largest absolute Gasteiger partial charge is 0.396 e. The van der Waals surface area contributed by atoms with Gasteiger partial charge in [0.15, 0.2) is 0 Å². The van der Waals surface area contributed by atoms with Crippen molar-refractivity contribution in [2.75, 3.05) is 18.1 Å². The van der Waals surface area contributed by atoms with E-state index in [0.717, 1.165) is 43.5 Å². The maximum Gasteiger partial charge on any atom is 0.124 e. The summed E-state index contributed by atoms with van der Waals surface area (Å²) >= 11 is 6.07. The Kier molecular flexibility index (Phi) is 4.66. The first-order valence-corrected chi connectivity index (χ1v) is 7.02. The molecule has 5 heteroatoms. The number of halogens is 1. The Morgan fingerprint density at radius 1 is 1.53 bits per heavy atom. The fourth-order valence-electron chi connectivity index (χ4n) is 2.75. The molecule has 4 nitrogen and oxygen atoms in total. The highest BCUT2D eigenvalue weighted by molar-refractivity contribution is 6.31. The Balaban J connectivity index is 2.28. The van der Waals surface area contributed by atoms with Gasteiger partial charge in [-0.05, 0) is 43.9 Å². The van der Waals surface area contributed by atoms with Crippen LogP contribution in [0.1, 0.15) is 31.2 Å². The van der Waals surface area contributed by atoms with Crippen LogP contribution in [0.4, 0.5) is 5.69 Å². The third-order valence-corrected chi connectivity index (χ3v) is 3.87. The predicted octanol–water partition coefficient (Wildman–Crippen LogP) is 2.37. The van der Waals surface area contributed by atoms with Crippen LogP contribution in [0.3, 0.4) is 0 Å². The van der Waals surface area contributed by atoms with E-state index in [-0.39, 0.29) is 12.4 Å². The second-order valence-corrected chi connectivity index (χ2v) is 5.37. The van der Waals surface area contributed by atoms with E-state index in [9.17, 15) is 0 Å². The van der Waals surface area contributed by atoms with Gasteiger partial charge in [0.2, 0.25) is 0 Å². The Labute approximate surface area is 118 Å². The highest BCUT2D eigenvalue weighted by atomic mass is 35.5. The number of nitrogen functional groups attached to an aromatic ring is 1. The minimum absolute atomic E-state index is 0.0690. The van der Waals surface area contributed by atoms with Crippen molar-refractivity contribution < 1.29 is 5.11 Å². The van der Waals surface area contributed by atoms with Gasteiger partial charge in [-0.1, -0.05) is 11.6 Å². The lowest BCUT2D eigenvalue weighted by molar-refractivity contribution is 0.279. The molecule has 1 aliphatic rings. The van der Waals surface area contributed by atoms with Gasteiger partial charge in [0, 0.05) is 35.5 Å². The smallest absolute Gasteiger partial charge is 0.124 e. The van der Waals surface area contributed by atoms with Gasteiger partial charge in [-0.15, -0.1) is 0 Å². The van der Waals surface area contributed by atoms with Crippen LogP contribution in [0.25, 0.3) is 0 Å². The molecule has 1 saturated heterocycles. The molecule has 104 valence electrons. The Morgan fingerprint density at radius 2 is 2.32 bits per heavy atom. The monoisotopic (exact) mass is 281 g/mol. The first kappa shape index (κ1) is 14.2. The molecule has 2 rings (SSSR count). The van der Waals surface area contributed by atoms with Crippen LogP contribution in [0.15, 0.2) is 18.2 Å². The van der Waals surface area contributed by atoms with Gasteiger partial charge in [0.25, 0.3) is 0 Å². The molecule has 0 spiro atoms. The molecule has 1 aliphatic heterocycles. The molecule has 0 amide bonds. The highest BCUT2D eigenvalue weighted by Gasteiger charge is 2.26. The number of hydrogen-bond acceptors (Lipinski definition) is 3. The molecule has 1 fully saturated rings. The van der Waals surface area contributed by atoms with Gasteiger partial charge in [-0.2, -0.15) is 0 Å². The zero-order chi connectivity index (χ0) is 13.8. The molecule has 0 aliphatic carbocycles. The number of hydrogen-bond donors (Lipinski definition) is 3. The van der Waals surface area contributed by atoms with Crippen molar-refractivity contribution in [1.29, 1.82) is 5.41 Å². The lowest BCUT2D eigenvalue weighted by Gasteiger charge is -2.28. The van der Waals surface area contributed by atoms with E-state index in [4.69, 9.17) is 27.9 Å². The molecule has 0 bridgehead atoms. The van der Waals surface area contributed by atoms with E-state index in [1.807, 2.05) is 6.07 Å². The number of amidine groups is 1. The van der Waals surface area contributed by atoms with Gasteiger partial charge in [0.05, 0.1) is 0 Å². The Hall–Kier alpha value is -1.26. The Morgan fingerprint density at radius 3 is 3.00 bits per heavy atom. The van der Waals surface area contributed by atoms with Crippen molar-refractivity contribution in [3.8, 4) is 0 Å². The average molecular weight is 282 g/mol. The van der Waals surface area contributed by atoms with Crippen LogP contribution in [0.5, 0.6) is 0 Å². The fourth-order valence-corrected chi connectivity index (χ4v) is 2.92. The number of benzene rings is 1. The van der Waals surface area contributed by atoms with E-state index in [1.165, 1.54) is 0 Å². The maximum absolute atomic E-state index is 8.98. The minimum Gasteiger partial charge on any atom is -0.396 e. The van der Waals surface area contributed by atoms with Crippen LogP contribution < -0.4 is 10.6 Å². The van der Waals surface area contributed by atoms with Gasteiger partial charge in [0.1, 0.15) is 5.84 Å². The van der Waals surface area contributed by atoms with E-state index in [2.05, 4.69) is 4.90 Å². The summed E-state index contributed by atoms with van der Waals surface area (Å²) in [6, 6.07) is 5.86. The van der Waals surface area contributed by atoms with Crippen LogP contribution >= 0.6 is 11.6 Å². The molecule has 1 atom stereocenters. The van der Waals surface area contributed by atoms with E-state index in [1.54, 1.807) is 12.1 Å². The van der Waals surface area contributed by atoms with Crippen LogP contribution in [-0.4, -0.2) is 30.1 Å². The maximum atomic E-state index is 8.98. The van der Waals surface area contributed by atoms with Crippen LogP contribution in [0.2, 0.25) is 5.02 Å². The van der Waals surface area contributed by atoms with Crippen LogP contribution in [-0.2, 0) is 0 Å². The molecule has 0 aromatic heterocycles. The number of aliphatic hydroxyl groups is 1. The van der Waals surface area contributed by atoms with Crippen LogP contribution in [0, 0.1) is 5.41 Å². The molecular formula is C14H20ClN3O. The quantitative estimate of drug-likeness (QED) is 0.573. The standard InChI is InChI=1S/C14H20ClN3O/c15-10-5-6-12(14(16)17)13(9-10)18-7-1-3-11(18)4-2-8-19/h5-6,9,11,19H,1-4,7-8H2,(H3,16,17). The summed E-state index contributed by atoms with van der Waals surface area (Å²) in [5.41, 5.74) is 7.33. The van der Waals surface area contributed by atoms with Crippen molar-refractivity contribution in [2.24, 2.45) is 5.73 Å². The second kappa shape index (κ2) is 6.26. The second-order valence-electron chi connectivity index (χ2n) is 4.93. The molecule has 0 saturated carbocycles. The first-order valence-electron chi connectivity index (χ1n) is 6.65. The summed E-state index contributed by atoms with van der Waals surface area (Å²) in [5.74, 6) is 0.0690. The number of rotatable bonds is 5. The van der Waals surface area contributed by atoms with Crippen molar-refractivity contribution >= 4 is 23.1 Å². The normalized spacial score (nSPS) is 18.8. The molecule has 19 heavy (non-hydrogen) atoms. The van der Waals surface area contributed by atoms with Gasteiger partial charge < -0.3 is 15.7 Å². The summed E-state index contributed by atoms with van der Waals surface area (Å²) in [5, 5.41) is 17.3. The van der Waals surface area contributed by atoms with Crippen molar-refractivity contribution in [3.05, 3.63) is 28.8 Å². The SMILES string of the molecule is N=C(N)c1ccc(Cl)cc1N1CCCC1CCCO. The van der Waals surface area contributed by atoms with Crippen molar-refractivity contribution in [1.82, 2.24) is 0 Å². The third kappa shape index (κ3) is 3.19. The summed E-state index contributed by atoms with van der Waals surface area (Å²) in [7, 11) is 0. The molecule has 0 radical (unpaired) electrons. The molecule has 1 unspecified atom stereocenters. The fraction of sp³-hybridized carbons (Fsp3) is 0.500. The van der Waals surface area contributed by atoms with Crippen molar-refractivity contribution in [3.63, 3.8) is 0 Å². The van der Waals surface area contributed by atoms with E-state index in [0.29, 0.717) is 11.1 Å². The highest BCUT2D eigenvalue weighted by Crippen LogP contribution is 2.32. The van der Waals surface area contributed by atoms with E-state index >= 15 is 0 Å². The summed E-state index contributed by atoms with van der Waals surface area (Å²) in [6.07, 6.45) is 4.00. The molecule has 1 aromatic rings. The molecule has 4 N–H and O–H groups in total. The predicted molar refractivity (Wildman–Crippen MR) is 79.2 cm³/mol. The number of nitrogens with two attached hydrogens (primary N) is 1. The molecular weight excluding hydrogens is 262 g/mol. The minimum atomic E-state index is 0.0690.